The molecule has 0 amide bonds. The number of nitrogens with two attached hydrogens (primary N) is 1. The predicted octanol–water partition coefficient (Wildman–Crippen LogP) is 0.519. The van der Waals surface area contributed by atoms with E-state index in [2.05, 4.69) is 4.74 Å². The summed E-state index contributed by atoms with van der Waals surface area (Å²) in [5.74, 6) is -2.30. The molecular weight excluding hydrogens is 266 g/mol. The maximum atomic E-state index is 11.0. The van der Waals surface area contributed by atoms with Gasteiger partial charge in [-0.15, -0.1) is 0 Å². The number of rotatable bonds is 4. The van der Waals surface area contributed by atoms with Crippen LogP contribution in [0.5, 0.6) is 0 Å². The summed E-state index contributed by atoms with van der Waals surface area (Å²) in [5, 5.41) is 16.1. The van der Waals surface area contributed by atoms with E-state index in [1.807, 2.05) is 0 Å². The molecule has 110 valence electrons. The first-order chi connectivity index (χ1) is 9.27. The summed E-state index contributed by atoms with van der Waals surface area (Å²) in [6.07, 6.45) is 0.326. The number of esters is 1. The first kappa shape index (κ1) is 17.6. The zero-order valence-corrected chi connectivity index (χ0v) is 11.2. The molecular formula is C13H17NO6. The lowest BCUT2D eigenvalue weighted by molar-refractivity contribution is -0.142. The van der Waals surface area contributed by atoms with Gasteiger partial charge in [0.2, 0.25) is 0 Å². The lowest BCUT2D eigenvalue weighted by Gasteiger charge is -2.08. The van der Waals surface area contributed by atoms with Gasteiger partial charge in [-0.25, -0.2) is 4.79 Å². The van der Waals surface area contributed by atoms with E-state index in [1.165, 1.54) is 19.2 Å². The van der Waals surface area contributed by atoms with E-state index < -0.39 is 23.9 Å². The van der Waals surface area contributed by atoms with Crippen LogP contribution >= 0.6 is 0 Å². The zero-order valence-electron chi connectivity index (χ0n) is 11.2. The van der Waals surface area contributed by atoms with Crippen LogP contribution in [0.25, 0.3) is 0 Å². The molecule has 7 nitrogen and oxygen atoms in total. The molecule has 20 heavy (non-hydrogen) atoms. The van der Waals surface area contributed by atoms with Crippen LogP contribution in [0, 0.1) is 0 Å². The van der Waals surface area contributed by atoms with Crippen LogP contribution in [-0.2, 0) is 20.7 Å². The van der Waals surface area contributed by atoms with Crippen molar-refractivity contribution in [3.63, 3.8) is 0 Å². The summed E-state index contributed by atoms with van der Waals surface area (Å²) < 4.78 is 4.49. The molecule has 0 aliphatic carbocycles. The van der Waals surface area contributed by atoms with Gasteiger partial charge >= 0.3 is 11.9 Å². The average molecular weight is 283 g/mol. The zero-order chi connectivity index (χ0) is 15.7. The van der Waals surface area contributed by atoms with Gasteiger partial charge in [-0.05, 0) is 24.1 Å². The molecule has 1 aromatic rings. The van der Waals surface area contributed by atoms with Crippen LogP contribution in [0.1, 0.15) is 22.8 Å². The van der Waals surface area contributed by atoms with Gasteiger partial charge in [0.05, 0.1) is 12.7 Å². The van der Waals surface area contributed by atoms with Crippen molar-refractivity contribution in [2.75, 3.05) is 7.11 Å². The third-order valence-electron chi connectivity index (χ3n) is 2.16. The Morgan fingerprint density at radius 3 is 2.00 bits per heavy atom. The lowest BCUT2D eigenvalue weighted by atomic mass is 10.0. The molecule has 1 atom stereocenters. The minimum atomic E-state index is -0.983. The second-order valence-corrected chi connectivity index (χ2v) is 3.85. The largest absolute Gasteiger partial charge is 0.481 e. The molecule has 0 radical (unpaired) electrons. The number of carboxylic acid groups (broad SMARTS) is 2. The fraction of sp³-hybridized carbons (Fsp3) is 0.308. The van der Waals surface area contributed by atoms with Gasteiger partial charge in [-0.3, -0.25) is 9.59 Å². The molecule has 1 aromatic carbocycles. The Morgan fingerprint density at radius 1 is 1.20 bits per heavy atom. The van der Waals surface area contributed by atoms with Gasteiger partial charge in [0.1, 0.15) is 6.04 Å². The van der Waals surface area contributed by atoms with Crippen molar-refractivity contribution in [2.45, 2.75) is 19.4 Å². The fourth-order valence-electron chi connectivity index (χ4n) is 1.27. The summed E-state index contributed by atoms with van der Waals surface area (Å²) in [4.78, 5) is 30.6. The summed E-state index contributed by atoms with van der Waals surface area (Å²) in [7, 11) is 1.27. The molecule has 0 fully saturated rings. The van der Waals surface area contributed by atoms with Crippen LogP contribution < -0.4 is 5.73 Å². The summed E-state index contributed by atoms with van der Waals surface area (Å²) >= 11 is 0. The Morgan fingerprint density at radius 2 is 1.65 bits per heavy atom. The van der Waals surface area contributed by atoms with Crippen molar-refractivity contribution in [1.29, 1.82) is 0 Å². The molecule has 1 unspecified atom stereocenters. The van der Waals surface area contributed by atoms with E-state index >= 15 is 0 Å². The second kappa shape index (κ2) is 8.65. The highest BCUT2D eigenvalue weighted by Gasteiger charge is 2.14. The van der Waals surface area contributed by atoms with Crippen molar-refractivity contribution >= 4 is 17.9 Å². The molecule has 7 heteroatoms. The number of carbonyl (C=O) groups excluding carboxylic acids is 1. The quantitative estimate of drug-likeness (QED) is 0.687. The van der Waals surface area contributed by atoms with Crippen LogP contribution in [-0.4, -0.2) is 41.3 Å². The van der Waals surface area contributed by atoms with Crippen molar-refractivity contribution in [3.05, 3.63) is 35.4 Å². The third-order valence-corrected chi connectivity index (χ3v) is 2.16. The van der Waals surface area contributed by atoms with E-state index in [-0.39, 0.29) is 5.56 Å². The SMILES string of the molecule is CC(=O)O.COC(=O)C(N)Cc1ccc(C(=O)O)cc1. The van der Waals surface area contributed by atoms with E-state index in [9.17, 15) is 9.59 Å². The standard InChI is InChI=1S/C11H13NO4.C2H4O2/c1-16-11(15)9(12)6-7-2-4-8(5-3-7)10(13)14;1-2(3)4/h2-5,9H,6,12H2,1H3,(H,13,14);1H3,(H,3,4). The summed E-state index contributed by atoms with van der Waals surface area (Å²) in [5.41, 5.74) is 6.57. The first-order valence-electron chi connectivity index (χ1n) is 5.63. The Balaban J connectivity index is 0.000000796. The number of benzene rings is 1. The van der Waals surface area contributed by atoms with Gasteiger partial charge in [0.15, 0.2) is 0 Å². The van der Waals surface area contributed by atoms with E-state index in [4.69, 9.17) is 20.7 Å². The number of hydrogen-bond donors (Lipinski definition) is 3. The predicted molar refractivity (Wildman–Crippen MR) is 70.4 cm³/mol. The Bertz CT molecular complexity index is 464. The van der Waals surface area contributed by atoms with E-state index in [1.54, 1.807) is 12.1 Å². The molecule has 0 saturated heterocycles. The Labute approximate surface area is 116 Å². The minimum absolute atomic E-state index is 0.204. The molecule has 0 bridgehead atoms. The molecule has 4 N–H and O–H groups in total. The number of ether oxygens (including phenoxy) is 1. The third kappa shape index (κ3) is 7.12. The molecule has 0 aliphatic rings. The molecule has 0 saturated carbocycles. The molecule has 0 aliphatic heterocycles. The van der Waals surface area contributed by atoms with Gasteiger partial charge in [0, 0.05) is 6.92 Å². The number of hydrogen-bond acceptors (Lipinski definition) is 5. The number of carboxylic acids is 2. The van der Waals surface area contributed by atoms with E-state index in [0.29, 0.717) is 6.42 Å². The Hall–Kier alpha value is -2.41. The number of aliphatic carboxylic acids is 1. The maximum absolute atomic E-state index is 11.0. The van der Waals surface area contributed by atoms with Crippen molar-refractivity contribution < 1.29 is 29.3 Å². The van der Waals surface area contributed by atoms with Crippen molar-refractivity contribution in [2.24, 2.45) is 5.73 Å². The monoisotopic (exact) mass is 283 g/mol. The normalized spacial score (nSPS) is 10.8. The highest BCUT2D eigenvalue weighted by molar-refractivity contribution is 5.87. The minimum Gasteiger partial charge on any atom is -0.481 e. The molecule has 0 heterocycles. The second-order valence-electron chi connectivity index (χ2n) is 3.85. The summed E-state index contributed by atoms with van der Waals surface area (Å²) in [6.45, 7) is 1.08. The van der Waals surface area contributed by atoms with Gasteiger partial charge in [-0.1, -0.05) is 12.1 Å². The molecule has 0 aromatic heterocycles. The number of aromatic carboxylic acids is 1. The van der Waals surface area contributed by atoms with Crippen LogP contribution in [0.15, 0.2) is 24.3 Å². The van der Waals surface area contributed by atoms with Crippen LogP contribution in [0.3, 0.4) is 0 Å². The van der Waals surface area contributed by atoms with E-state index in [0.717, 1.165) is 12.5 Å². The number of carbonyl (C=O) groups is 3. The lowest BCUT2D eigenvalue weighted by Crippen LogP contribution is -2.33. The first-order valence-corrected chi connectivity index (χ1v) is 5.63. The smallest absolute Gasteiger partial charge is 0.335 e. The number of methoxy groups -OCH3 is 1. The van der Waals surface area contributed by atoms with Gasteiger partial charge < -0.3 is 20.7 Å². The van der Waals surface area contributed by atoms with Crippen LogP contribution in [0.4, 0.5) is 0 Å². The van der Waals surface area contributed by atoms with Crippen molar-refractivity contribution in [3.8, 4) is 0 Å². The highest BCUT2D eigenvalue weighted by Crippen LogP contribution is 2.07. The van der Waals surface area contributed by atoms with Crippen LogP contribution in [0.2, 0.25) is 0 Å². The topological polar surface area (TPSA) is 127 Å². The maximum Gasteiger partial charge on any atom is 0.335 e. The molecule has 0 spiro atoms. The highest BCUT2D eigenvalue weighted by atomic mass is 16.5. The molecule has 1 rings (SSSR count). The average Bonchev–Trinajstić information content (AvgIpc) is 2.37. The van der Waals surface area contributed by atoms with Gasteiger partial charge in [-0.2, -0.15) is 0 Å². The Kier molecular flexibility index (Phi) is 7.61. The van der Waals surface area contributed by atoms with Crippen molar-refractivity contribution in [1.82, 2.24) is 0 Å². The fourth-order valence-corrected chi connectivity index (χ4v) is 1.27. The van der Waals surface area contributed by atoms with Gasteiger partial charge in [0.25, 0.3) is 5.97 Å². The summed E-state index contributed by atoms with van der Waals surface area (Å²) in [6, 6.07) is 5.49.